The third-order valence-corrected chi connectivity index (χ3v) is 3.97. The van der Waals surface area contributed by atoms with E-state index in [0.29, 0.717) is 6.42 Å². The molecular weight excluding hydrogens is 374 g/mol. The fourth-order valence-corrected chi connectivity index (χ4v) is 2.62. The van der Waals surface area contributed by atoms with Gasteiger partial charge >= 0.3 is 5.97 Å². The van der Waals surface area contributed by atoms with Gasteiger partial charge in [0.25, 0.3) is 0 Å². The first-order valence-corrected chi connectivity index (χ1v) is 7.24. The van der Waals surface area contributed by atoms with Crippen molar-refractivity contribution >= 4 is 37.8 Å². The highest BCUT2D eigenvalue weighted by Gasteiger charge is 2.22. The van der Waals surface area contributed by atoms with Crippen LogP contribution in [0.25, 0.3) is 0 Å². The van der Waals surface area contributed by atoms with Crippen molar-refractivity contribution in [1.82, 2.24) is 4.98 Å². The zero-order chi connectivity index (χ0) is 13.8. The Balaban J connectivity index is 2.29. The second-order valence-electron chi connectivity index (χ2n) is 4.08. The molecule has 0 amide bonds. The van der Waals surface area contributed by atoms with E-state index in [1.165, 1.54) is 0 Å². The van der Waals surface area contributed by atoms with Crippen LogP contribution in [0.4, 0.5) is 0 Å². The largest absolute Gasteiger partial charge is 0.481 e. The van der Waals surface area contributed by atoms with Gasteiger partial charge in [-0.25, -0.2) is 0 Å². The normalized spacial score (nSPS) is 12.1. The molecule has 1 aromatic carbocycles. The fraction of sp³-hybridized carbons (Fsp3) is 0.143. The van der Waals surface area contributed by atoms with Crippen molar-refractivity contribution in [2.24, 2.45) is 0 Å². The first kappa shape index (κ1) is 14.2. The third-order valence-electron chi connectivity index (χ3n) is 2.78. The van der Waals surface area contributed by atoms with Gasteiger partial charge in [-0.2, -0.15) is 0 Å². The van der Waals surface area contributed by atoms with E-state index in [1.807, 2.05) is 36.4 Å². The average molecular weight is 385 g/mol. The minimum atomic E-state index is -0.850. The van der Waals surface area contributed by atoms with Gasteiger partial charge in [0.2, 0.25) is 0 Å². The Bertz CT molecular complexity index is 584. The highest BCUT2D eigenvalue weighted by Crippen LogP contribution is 2.27. The van der Waals surface area contributed by atoms with E-state index in [1.54, 1.807) is 6.20 Å². The van der Waals surface area contributed by atoms with Crippen LogP contribution in [0.15, 0.2) is 51.5 Å². The van der Waals surface area contributed by atoms with Crippen LogP contribution in [0.3, 0.4) is 0 Å². The maximum atomic E-state index is 11.5. The molecule has 0 spiro atoms. The van der Waals surface area contributed by atoms with Crippen molar-refractivity contribution in [2.75, 3.05) is 0 Å². The predicted molar refractivity (Wildman–Crippen MR) is 80.2 cm³/mol. The van der Waals surface area contributed by atoms with Crippen molar-refractivity contribution in [1.29, 1.82) is 0 Å². The molecular formula is C14H11Br2NO2. The molecule has 0 fully saturated rings. The van der Waals surface area contributed by atoms with Crippen LogP contribution in [0.2, 0.25) is 0 Å². The summed E-state index contributed by atoms with van der Waals surface area (Å²) in [5.74, 6) is -1.46. The SMILES string of the molecule is O=C(O)C(Cc1ccc(Br)cn1)c1ccccc1Br. The minimum absolute atomic E-state index is 0.366. The van der Waals surface area contributed by atoms with Gasteiger partial charge in [0.05, 0.1) is 5.92 Å². The molecule has 1 atom stereocenters. The molecule has 1 heterocycles. The van der Waals surface area contributed by atoms with E-state index in [0.717, 1.165) is 20.2 Å². The number of carboxylic acids is 1. The lowest BCUT2D eigenvalue weighted by Crippen LogP contribution is -2.15. The van der Waals surface area contributed by atoms with Crippen molar-refractivity contribution in [2.45, 2.75) is 12.3 Å². The number of hydrogen-bond donors (Lipinski definition) is 1. The van der Waals surface area contributed by atoms with Crippen LogP contribution in [-0.4, -0.2) is 16.1 Å². The van der Waals surface area contributed by atoms with Gasteiger partial charge in [0.15, 0.2) is 0 Å². The standard InChI is InChI=1S/C14H11Br2NO2/c15-9-5-6-10(17-8-9)7-12(14(18)19)11-3-1-2-4-13(11)16/h1-6,8,12H,7H2,(H,18,19). The second-order valence-corrected chi connectivity index (χ2v) is 5.85. The maximum absolute atomic E-state index is 11.5. The van der Waals surface area contributed by atoms with E-state index < -0.39 is 11.9 Å². The molecule has 3 nitrogen and oxygen atoms in total. The smallest absolute Gasteiger partial charge is 0.311 e. The summed E-state index contributed by atoms with van der Waals surface area (Å²) in [6.07, 6.45) is 2.04. The number of aromatic nitrogens is 1. The van der Waals surface area contributed by atoms with Crippen molar-refractivity contribution in [3.05, 3.63) is 62.8 Å². The van der Waals surface area contributed by atoms with Gasteiger partial charge in [-0.15, -0.1) is 0 Å². The topological polar surface area (TPSA) is 50.2 Å². The molecule has 98 valence electrons. The number of carboxylic acid groups (broad SMARTS) is 1. The quantitative estimate of drug-likeness (QED) is 0.866. The zero-order valence-electron chi connectivity index (χ0n) is 9.88. The fourth-order valence-electron chi connectivity index (χ4n) is 1.82. The number of hydrogen-bond acceptors (Lipinski definition) is 2. The lowest BCUT2D eigenvalue weighted by atomic mass is 9.94. The molecule has 19 heavy (non-hydrogen) atoms. The van der Waals surface area contributed by atoms with Crippen LogP contribution in [0.1, 0.15) is 17.2 Å². The molecule has 0 aliphatic heterocycles. The van der Waals surface area contributed by atoms with Crippen LogP contribution in [0, 0.1) is 0 Å². The Morgan fingerprint density at radius 1 is 1.21 bits per heavy atom. The van der Waals surface area contributed by atoms with E-state index in [4.69, 9.17) is 0 Å². The Morgan fingerprint density at radius 2 is 1.95 bits per heavy atom. The van der Waals surface area contributed by atoms with E-state index in [-0.39, 0.29) is 0 Å². The van der Waals surface area contributed by atoms with Crippen molar-refractivity contribution in [3.63, 3.8) is 0 Å². The van der Waals surface area contributed by atoms with Gasteiger partial charge in [-0.3, -0.25) is 9.78 Å². The van der Waals surface area contributed by atoms with Gasteiger partial charge in [0, 0.05) is 27.3 Å². The highest BCUT2D eigenvalue weighted by atomic mass is 79.9. The van der Waals surface area contributed by atoms with Crippen molar-refractivity contribution in [3.8, 4) is 0 Å². The summed E-state index contributed by atoms with van der Waals surface area (Å²) < 4.78 is 1.68. The van der Waals surface area contributed by atoms with Gasteiger partial charge < -0.3 is 5.11 Å². The first-order valence-electron chi connectivity index (χ1n) is 5.65. The number of pyridine rings is 1. The lowest BCUT2D eigenvalue weighted by molar-refractivity contribution is -0.138. The molecule has 1 unspecified atom stereocenters. The molecule has 0 saturated carbocycles. The molecule has 2 rings (SSSR count). The summed E-state index contributed by atoms with van der Waals surface area (Å²) >= 11 is 6.71. The summed E-state index contributed by atoms with van der Waals surface area (Å²) in [7, 11) is 0. The zero-order valence-corrected chi connectivity index (χ0v) is 13.1. The Kier molecular flexibility index (Phi) is 4.71. The number of aliphatic carboxylic acids is 1. The highest BCUT2D eigenvalue weighted by molar-refractivity contribution is 9.10. The minimum Gasteiger partial charge on any atom is -0.481 e. The first-order chi connectivity index (χ1) is 9.08. The molecule has 0 aliphatic rings. The number of halogens is 2. The molecule has 0 saturated heterocycles. The Morgan fingerprint density at radius 3 is 2.53 bits per heavy atom. The number of benzene rings is 1. The summed E-state index contributed by atoms with van der Waals surface area (Å²) in [6, 6.07) is 11.1. The molecule has 1 N–H and O–H groups in total. The van der Waals surface area contributed by atoms with Crippen LogP contribution >= 0.6 is 31.9 Å². The molecule has 1 aromatic heterocycles. The monoisotopic (exact) mass is 383 g/mol. The van der Waals surface area contributed by atoms with Crippen LogP contribution in [0.5, 0.6) is 0 Å². The van der Waals surface area contributed by atoms with Gasteiger partial charge in [0.1, 0.15) is 0 Å². The van der Waals surface area contributed by atoms with Gasteiger partial charge in [-0.05, 0) is 39.7 Å². The maximum Gasteiger partial charge on any atom is 0.311 e. The summed E-state index contributed by atoms with van der Waals surface area (Å²) in [6.45, 7) is 0. The number of rotatable bonds is 4. The molecule has 0 aliphatic carbocycles. The van der Waals surface area contributed by atoms with Crippen molar-refractivity contribution < 1.29 is 9.90 Å². The van der Waals surface area contributed by atoms with E-state index in [9.17, 15) is 9.90 Å². The molecule has 0 radical (unpaired) electrons. The molecule has 5 heteroatoms. The number of nitrogens with zero attached hydrogens (tertiary/aromatic N) is 1. The lowest BCUT2D eigenvalue weighted by Gasteiger charge is -2.14. The Labute approximate surface area is 127 Å². The third kappa shape index (κ3) is 3.64. The van der Waals surface area contributed by atoms with E-state index >= 15 is 0 Å². The summed E-state index contributed by atoms with van der Waals surface area (Å²) in [5, 5.41) is 9.41. The predicted octanol–water partition coefficient (Wildman–Crippen LogP) is 4.02. The molecule has 2 aromatic rings. The molecule has 0 bridgehead atoms. The van der Waals surface area contributed by atoms with Gasteiger partial charge in [-0.1, -0.05) is 34.1 Å². The van der Waals surface area contributed by atoms with E-state index in [2.05, 4.69) is 36.8 Å². The van der Waals surface area contributed by atoms with Crippen LogP contribution < -0.4 is 0 Å². The number of carbonyl (C=O) groups is 1. The average Bonchev–Trinajstić information content (AvgIpc) is 2.39. The second kappa shape index (κ2) is 6.30. The summed E-state index contributed by atoms with van der Waals surface area (Å²) in [4.78, 5) is 15.7. The Hall–Kier alpha value is -1.20. The summed E-state index contributed by atoms with van der Waals surface area (Å²) in [5.41, 5.74) is 1.52. The van der Waals surface area contributed by atoms with Crippen LogP contribution in [-0.2, 0) is 11.2 Å².